The average Bonchev–Trinajstić information content (AvgIpc) is 3.64. The minimum Gasteiger partial charge on any atom is -0.288 e. The molecule has 0 saturated carbocycles. The van der Waals surface area contributed by atoms with Gasteiger partial charge in [0.05, 0.1) is 38.0 Å². The molecule has 6 rings (SSSR count). The van der Waals surface area contributed by atoms with Gasteiger partial charge in [0.2, 0.25) is 0 Å². The molecule has 0 saturated heterocycles. The molecule has 198 valence electrons. The molecule has 1 aliphatic rings. The molecule has 0 amide bonds. The highest BCUT2D eigenvalue weighted by atomic mass is 79.9. The maximum atomic E-state index is 12.4. The van der Waals surface area contributed by atoms with E-state index in [1.807, 2.05) is 18.3 Å². The van der Waals surface area contributed by atoms with E-state index in [2.05, 4.69) is 63.0 Å². The highest BCUT2D eigenvalue weighted by molar-refractivity contribution is 9.11. The summed E-state index contributed by atoms with van der Waals surface area (Å²) in [4.78, 5) is 4.12. The largest absolute Gasteiger partial charge is 0.288 e. The molecule has 0 atom stereocenters. The molecule has 0 radical (unpaired) electrons. The number of alkyl halides is 2. The summed E-state index contributed by atoms with van der Waals surface area (Å²) < 4.78 is 29.4. The Hall–Kier alpha value is -1.27. The maximum Gasteiger partial charge on any atom is 0.183 e. The Morgan fingerprint density at radius 1 is 0.763 bits per heavy atom. The van der Waals surface area contributed by atoms with Crippen molar-refractivity contribution in [3.8, 4) is 0 Å². The van der Waals surface area contributed by atoms with E-state index in [0.29, 0.717) is 30.9 Å². The fourth-order valence-corrected chi connectivity index (χ4v) is 5.50. The zero-order chi connectivity index (χ0) is 27.6. The summed E-state index contributed by atoms with van der Waals surface area (Å²) in [5.74, 6) is 0. The van der Waals surface area contributed by atoms with Gasteiger partial charge in [-0.15, -0.1) is 0 Å². The SMILES string of the molecule is Clc1c(Br)ccc2c1C=NC2.FCn1cc2c(Cl)c(Br)ccc2n1.FCn1nc2ccc(Br)c(Cl)c2c1Cl. The summed E-state index contributed by atoms with van der Waals surface area (Å²) in [6.45, 7) is -0.633. The second-order valence-electron chi connectivity index (χ2n) is 7.65. The van der Waals surface area contributed by atoms with Crippen LogP contribution in [0.25, 0.3) is 21.8 Å². The van der Waals surface area contributed by atoms with Crippen molar-refractivity contribution < 1.29 is 8.78 Å². The lowest BCUT2D eigenvalue weighted by Crippen LogP contribution is -1.93. The van der Waals surface area contributed by atoms with E-state index in [1.54, 1.807) is 30.5 Å². The smallest absolute Gasteiger partial charge is 0.183 e. The fraction of sp³-hybridized carbons (Fsp3) is 0.125. The quantitative estimate of drug-likeness (QED) is 0.179. The predicted octanol–water partition coefficient (Wildman–Crippen LogP) is 10.4. The molecule has 0 spiro atoms. The van der Waals surface area contributed by atoms with Crippen molar-refractivity contribution in [3.63, 3.8) is 0 Å². The Kier molecular flexibility index (Phi) is 10.1. The Morgan fingerprint density at radius 3 is 2.08 bits per heavy atom. The lowest BCUT2D eigenvalue weighted by atomic mass is 10.1. The zero-order valence-electron chi connectivity index (χ0n) is 18.9. The van der Waals surface area contributed by atoms with Crippen LogP contribution in [0.3, 0.4) is 0 Å². The van der Waals surface area contributed by atoms with Gasteiger partial charge >= 0.3 is 0 Å². The average molecular weight is 792 g/mol. The van der Waals surface area contributed by atoms with Crippen molar-refractivity contribution in [1.82, 2.24) is 19.6 Å². The van der Waals surface area contributed by atoms with Crippen LogP contribution < -0.4 is 0 Å². The van der Waals surface area contributed by atoms with Crippen LogP contribution >= 0.6 is 94.2 Å². The van der Waals surface area contributed by atoms with Crippen molar-refractivity contribution >= 4 is 122 Å². The van der Waals surface area contributed by atoms with Crippen LogP contribution in [-0.4, -0.2) is 25.8 Å². The van der Waals surface area contributed by atoms with Gasteiger partial charge in [-0.1, -0.05) is 52.5 Å². The Morgan fingerprint density at radius 2 is 1.39 bits per heavy atom. The van der Waals surface area contributed by atoms with Crippen molar-refractivity contribution in [1.29, 1.82) is 0 Å². The Labute approximate surface area is 261 Å². The fourth-order valence-electron chi connectivity index (χ4n) is 3.46. The molecule has 5 aromatic rings. The third-order valence-corrected chi connectivity index (χ3v) is 9.56. The van der Waals surface area contributed by atoms with E-state index < -0.39 is 13.6 Å². The van der Waals surface area contributed by atoms with E-state index in [9.17, 15) is 8.78 Å². The van der Waals surface area contributed by atoms with Crippen LogP contribution in [0.2, 0.25) is 20.2 Å². The second-order valence-corrected chi connectivity index (χ2v) is 11.7. The summed E-state index contributed by atoms with van der Waals surface area (Å²) in [5.41, 5.74) is 3.55. The molecule has 14 heteroatoms. The van der Waals surface area contributed by atoms with E-state index in [1.165, 1.54) is 10.2 Å². The van der Waals surface area contributed by atoms with E-state index in [0.717, 1.165) is 36.1 Å². The predicted molar refractivity (Wildman–Crippen MR) is 163 cm³/mol. The lowest BCUT2D eigenvalue weighted by Gasteiger charge is -2.00. The van der Waals surface area contributed by atoms with Gasteiger partial charge in [0.25, 0.3) is 0 Å². The molecular formula is C24H14Br3Cl4F2N5. The minimum atomic E-state index is -0.762. The number of nitrogens with zero attached hydrogens (tertiary/aromatic N) is 5. The van der Waals surface area contributed by atoms with Crippen LogP contribution in [0, 0.1) is 0 Å². The van der Waals surface area contributed by atoms with Gasteiger partial charge in [0.1, 0.15) is 5.15 Å². The van der Waals surface area contributed by atoms with Gasteiger partial charge in [-0.2, -0.15) is 10.2 Å². The van der Waals surface area contributed by atoms with Gasteiger partial charge in [-0.3, -0.25) is 4.99 Å². The van der Waals surface area contributed by atoms with Gasteiger partial charge < -0.3 is 0 Å². The second kappa shape index (κ2) is 12.9. The van der Waals surface area contributed by atoms with Gasteiger partial charge in [-0.05, 0) is 83.7 Å². The number of halogens is 9. The Bertz CT molecular complexity index is 1670. The van der Waals surface area contributed by atoms with Crippen LogP contribution in [0.1, 0.15) is 11.1 Å². The zero-order valence-corrected chi connectivity index (χ0v) is 26.7. The highest BCUT2D eigenvalue weighted by Crippen LogP contribution is 2.35. The van der Waals surface area contributed by atoms with E-state index in [4.69, 9.17) is 46.4 Å². The minimum absolute atomic E-state index is 0.216. The van der Waals surface area contributed by atoms with E-state index in [-0.39, 0.29) is 5.15 Å². The third kappa shape index (κ3) is 6.22. The summed E-state index contributed by atoms with van der Waals surface area (Å²) in [5, 5.41) is 11.2. The van der Waals surface area contributed by atoms with Crippen molar-refractivity contribution in [2.24, 2.45) is 4.99 Å². The molecule has 3 aromatic carbocycles. The first-order valence-electron chi connectivity index (χ1n) is 10.6. The number of benzene rings is 3. The van der Waals surface area contributed by atoms with E-state index >= 15 is 0 Å². The molecule has 0 bridgehead atoms. The molecule has 3 heterocycles. The first kappa shape index (κ1) is 29.7. The topological polar surface area (TPSA) is 48.0 Å². The number of hydrogen-bond donors (Lipinski definition) is 0. The molecular weight excluding hydrogens is 778 g/mol. The van der Waals surface area contributed by atoms with Crippen molar-refractivity contribution in [2.45, 2.75) is 20.1 Å². The first-order valence-corrected chi connectivity index (χ1v) is 14.4. The van der Waals surface area contributed by atoms with Crippen molar-refractivity contribution in [2.75, 3.05) is 0 Å². The van der Waals surface area contributed by atoms with Gasteiger partial charge in [-0.25, -0.2) is 18.1 Å². The Balaban J connectivity index is 0.000000134. The molecule has 38 heavy (non-hydrogen) atoms. The van der Waals surface area contributed by atoms with Gasteiger partial charge in [0.15, 0.2) is 13.6 Å². The third-order valence-electron chi connectivity index (χ3n) is 5.30. The molecule has 0 aliphatic carbocycles. The number of aliphatic imine (C=N–C) groups is 1. The van der Waals surface area contributed by atoms with Crippen LogP contribution in [0.5, 0.6) is 0 Å². The van der Waals surface area contributed by atoms with Gasteiger partial charge in [0, 0.05) is 36.8 Å². The molecule has 1 aliphatic heterocycles. The van der Waals surface area contributed by atoms with Crippen LogP contribution in [-0.2, 0) is 20.1 Å². The summed E-state index contributed by atoms with van der Waals surface area (Å²) in [6, 6.07) is 11.0. The molecule has 2 aromatic heterocycles. The first-order chi connectivity index (χ1) is 18.2. The molecule has 0 N–H and O–H groups in total. The van der Waals surface area contributed by atoms with Crippen LogP contribution in [0.4, 0.5) is 8.78 Å². The summed E-state index contributed by atoms with van der Waals surface area (Å²) >= 11 is 33.8. The standard InChI is InChI=1S/C8H4BrCl2FN2.C8H5BrClFN2.C8H5BrClN/c9-4-1-2-5-6(7(4)10)8(11)14(3-12)13-5;9-6-1-2-7-5(8(6)10)3-13(4-11)12-7;9-7-2-1-5-3-11-4-6(5)8(7)10/h1-2H,3H2;1-3H,4H2;1-2,4H,3H2. The maximum absolute atomic E-state index is 12.4. The molecule has 0 unspecified atom stereocenters. The number of aromatic nitrogens is 4. The molecule has 0 fully saturated rings. The summed E-state index contributed by atoms with van der Waals surface area (Å²) in [6.07, 6.45) is 3.41. The normalized spacial score (nSPS) is 11.8. The summed E-state index contributed by atoms with van der Waals surface area (Å²) in [7, 11) is 0. The number of fused-ring (bicyclic) bond motifs is 3. The lowest BCUT2D eigenvalue weighted by molar-refractivity contribution is 0.351. The highest BCUT2D eigenvalue weighted by Gasteiger charge is 2.14. The number of rotatable bonds is 2. The monoisotopic (exact) mass is 787 g/mol. The number of hydrogen-bond acceptors (Lipinski definition) is 3. The molecule has 5 nitrogen and oxygen atoms in total. The van der Waals surface area contributed by atoms with Crippen molar-refractivity contribution in [3.05, 3.63) is 87.4 Å². The van der Waals surface area contributed by atoms with Crippen LogP contribution in [0.15, 0.2) is 61.0 Å².